The Bertz CT molecular complexity index is 503. The van der Waals surface area contributed by atoms with Gasteiger partial charge in [0.05, 0.1) is 6.04 Å². The van der Waals surface area contributed by atoms with Gasteiger partial charge >= 0.3 is 0 Å². The summed E-state index contributed by atoms with van der Waals surface area (Å²) in [6.07, 6.45) is 1.05. The van der Waals surface area contributed by atoms with E-state index in [9.17, 15) is 0 Å². The smallest absolute Gasteiger partial charge is 0.103 e. The van der Waals surface area contributed by atoms with E-state index in [1.165, 1.54) is 4.88 Å². The number of nitrogens with one attached hydrogen (secondary N) is 1. The van der Waals surface area contributed by atoms with Gasteiger partial charge in [0.2, 0.25) is 0 Å². The van der Waals surface area contributed by atoms with Gasteiger partial charge in [-0.2, -0.15) is 0 Å². The van der Waals surface area contributed by atoms with E-state index in [4.69, 9.17) is 18.0 Å². The van der Waals surface area contributed by atoms with E-state index < -0.39 is 0 Å². The van der Waals surface area contributed by atoms with E-state index in [2.05, 4.69) is 29.8 Å². The van der Waals surface area contributed by atoms with Gasteiger partial charge in [0.25, 0.3) is 0 Å². The molecule has 0 fully saturated rings. The normalized spacial score (nSPS) is 12.1. The first-order valence-electron chi connectivity index (χ1n) is 5.90. The molecule has 0 amide bonds. The fourth-order valence-corrected chi connectivity index (χ4v) is 2.79. The van der Waals surface area contributed by atoms with Crippen LogP contribution in [0.25, 0.3) is 0 Å². The van der Waals surface area contributed by atoms with Crippen LogP contribution in [0.3, 0.4) is 0 Å². The van der Waals surface area contributed by atoms with Crippen molar-refractivity contribution < 1.29 is 0 Å². The van der Waals surface area contributed by atoms with Crippen molar-refractivity contribution in [2.75, 3.05) is 5.32 Å². The van der Waals surface area contributed by atoms with Crippen molar-refractivity contribution in [1.29, 1.82) is 0 Å². The lowest BCUT2D eigenvalue weighted by Gasteiger charge is -2.17. The van der Waals surface area contributed by atoms with Gasteiger partial charge < -0.3 is 11.1 Å². The van der Waals surface area contributed by atoms with E-state index >= 15 is 0 Å². The van der Waals surface area contributed by atoms with Crippen molar-refractivity contribution >= 4 is 34.2 Å². The first kappa shape index (κ1) is 13.1. The van der Waals surface area contributed by atoms with Gasteiger partial charge in [-0.1, -0.05) is 25.2 Å². The summed E-state index contributed by atoms with van der Waals surface area (Å²) in [5.41, 5.74) is 7.58. The highest BCUT2D eigenvalue weighted by molar-refractivity contribution is 7.80. The first-order chi connectivity index (χ1) is 8.70. The molecule has 2 nitrogen and oxygen atoms in total. The summed E-state index contributed by atoms with van der Waals surface area (Å²) < 4.78 is 0. The number of hydrogen-bond acceptors (Lipinski definition) is 3. The van der Waals surface area contributed by atoms with Crippen molar-refractivity contribution in [3.63, 3.8) is 0 Å². The fraction of sp³-hybridized carbons (Fsp3) is 0.214. The Morgan fingerprint density at radius 3 is 2.56 bits per heavy atom. The lowest BCUT2D eigenvalue weighted by Crippen LogP contribution is -2.10. The Morgan fingerprint density at radius 1 is 1.33 bits per heavy atom. The molecule has 3 N–H and O–H groups in total. The number of hydrogen-bond donors (Lipinski definition) is 2. The van der Waals surface area contributed by atoms with Gasteiger partial charge in [0, 0.05) is 16.1 Å². The molecule has 0 aliphatic carbocycles. The fourth-order valence-electron chi connectivity index (χ4n) is 1.80. The second-order valence-electron chi connectivity index (χ2n) is 4.06. The zero-order chi connectivity index (χ0) is 13.0. The Kier molecular flexibility index (Phi) is 4.33. The third kappa shape index (κ3) is 3.09. The molecule has 1 unspecified atom stereocenters. The number of rotatable bonds is 5. The Hall–Kier alpha value is -1.39. The lowest BCUT2D eigenvalue weighted by atomic mass is 10.1. The maximum Gasteiger partial charge on any atom is 0.103 e. The third-order valence-corrected chi connectivity index (χ3v) is 4.03. The summed E-state index contributed by atoms with van der Waals surface area (Å²) in [7, 11) is 0. The Balaban J connectivity index is 2.10. The topological polar surface area (TPSA) is 38.0 Å². The molecule has 0 aliphatic heterocycles. The van der Waals surface area contributed by atoms with Crippen LogP contribution in [0.15, 0.2) is 41.8 Å². The maximum atomic E-state index is 5.58. The van der Waals surface area contributed by atoms with Crippen molar-refractivity contribution in [2.45, 2.75) is 19.4 Å². The third-order valence-electron chi connectivity index (χ3n) is 2.81. The summed E-state index contributed by atoms with van der Waals surface area (Å²) in [6, 6.07) is 12.5. The molecule has 0 saturated heterocycles. The summed E-state index contributed by atoms with van der Waals surface area (Å²) in [5.74, 6) is 0. The van der Waals surface area contributed by atoms with Crippen molar-refractivity contribution in [3.05, 3.63) is 52.2 Å². The summed E-state index contributed by atoms with van der Waals surface area (Å²) in [6.45, 7) is 2.18. The first-order valence-corrected chi connectivity index (χ1v) is 7.19. The van der Waals surface area contributed by atoms with Crippen molar-refractivity contribution in [3.8, 4) is 0 Å². The monoisotopic (exact) mass is 276 g/mol. The maximum absolute atomic E-state index is 5.58. The molecule has 94 valence electrons. The molecular weight excluding hydrogens is 260 g/mol. The zero-order valence-electron chi connectivity index (χ0n) is 10.2. The average Bonchev–Trinajstić information content (AvgIpc) is 2.90. The minimum atomic E-state index is 0.362. The second-order valence-corrected chi connectivity index (χ2v) is 5.48. The van der Waals surface area contributed by atoms with Crippen LogP contribution in [0.4, 0.5) is 5.69 Å². The van der Waals surface area contributed by atoms with Gasteiger partial charge in [-0.05, 0) is 42.1 Å². The molecule has 4 heteroatoms. The van der Waals surface area contributed by atoms with E-state index in [0.717, 1.165) is 17.7 Å². The molecule has 1 aromatic carbocycles. The molecule has 1 heterocycles. The molecule has 2 rings (SSSR count). The lowest BCUT2D eigenvalue weighted by molar-refractivity contribution is 0.764. The molecule has 1 atom stereocenters. The van der Waals surface area contributed by atoms with Gasteiger partial charge in [-0.25, -0.2) is 0 Å². The van der Waals surface area contributed by atoms with E-state index in [0.29, 0.717) is 11.0 Å². The summed E-state index contributed by atoms with van der Waals surface area (Å²) in [4.78, 5) is 1.79. The molecule has 0 spiro atoms. The molecule has 0 aliphatic rings. The highest BCUT2D eigenvalue weighted by Crippen LogP contribution is 2.26. The van der Waals surface area contributed by atoms with E-state index in [1.807, 2.05) is 24.3 Å². The van der Waals surface area contributed by atoms with Crippen LogP contribution in [0.2, 0.25) is 0 Å². The molecule has 2 aromatic rings. The predicted octanol–water partition coefficient (Wildman–Crippen LogP) is 3.95. The molecule has 0 radical (unpaired) electrons. The highest BCUT2D eigenvalue weighted by atomic mass is 32.1. The number of thiocarbonyl (C=S) groups is 1. The average molecular weight is 276 g/mol. The van der Waals surface area contributed by atoms with Crippen molar-refractivity contribution in [2.24, 2.45) is 5.73 Å². The number of nitrogens with two attached hydrogens (primary N) is 1. The highest BCUT2D eigenvalue weighted by Gasteiger charge is 2.09. The van der Waals surface area contributed by atoms with Crippen LogP contribution in [-0.2, 0) is 0 Å². The van der Waals surface area contributed by atoms with Gasteiger partial charge in [-0.15, -0.1) is 11.3 Å². The van der Waals surface area contributed by atoms with Crippen LogP contribution in [0, 0.1) is 0 Å². The number of thiophene rings is 1. The largest absolute Gasteiger partial charge is 0.389 e. The van der Waals surface area contributed by atoms with E-state index in [1.54, 1.807) is 11.3 Å². The van der Waals surface area contributed by atoms with Crippen LogP contribution in [0.5, 0.6) is 0 Å². The van der Waals surface area contributed by atoms with E-state index in [-0.39, 0.29) is 0 Å². The van der Waals surface area contributed by atoms with Gasteiger partial charge in [-0.3, -0.25) is 0 Å². The number of benzene rings is 1. The Labute approximate surface area is 117 Å². The second kappa shape index (κ2) is 5.98. The molecule has 0 bridgehead atoms. The minimum Gasteiger partial charge on any atom is -0.389 e. The molecule has 18 heavy (non-hydrogen) atoms. The molecule has 0 saturated carbocycles. The van der Waals surface area contributed by atoms with Crippen LogP contribution in [-0.4, -0.2) is 4.99 Å². The predicted molar refractivity (Wildman–Crippen MR) is 83.3 cm³/mol. The summed E-state index contributed by atoms with van der Waals surface area (Å²) >= 11 is 6.72. The van der Waals surface area contributed by atoms with Gasteiger partial charge in [0.1, 0.15) is 4.99 Å². The summed E-state index contributed by atoms with van der Waals surface area (Å²) in [5, 5.41) is 5.63. The van der Waals surface area contributed by atoms with Gasteiger partial charge in [0.15, 0.2) is 0 Å². The standard InChI is InChI=1S/C14H16N2S2/c1-2-12(13-4-3-9-18-13)16-11-7-5-10(6-8-11)14(15)17/h3-9,12,16H,2H2,1H3,(H2,15,17). The van der Waals surface area contributed by atoms with Crippen molar-refractivity contribution in [1.82, 2.24) is 0 Å². The van der Waals surface area contributed by atoms with Crippen LogP contribution < -0.4 is 11.1 Å². The Morgan fingerprint density at radius 2 is 2.06 bits per heavy atom. The minimum absolute atomic E-state index is 0.362. The number of anilines is 1. The molecular formula is C14H16N2S2. The van der Waals surface area contributed by atoms with Crippen LogP contribution in [0.1, 0.15) is 29.8 Å². The zero-order valence-corrected chi connectivity index (χ0v) is 11.9. The quantitative estimate of drug-likeness (QED) is 0.812. The SMILES string of the molecule is CCC(Nc1ccc(C(N)=S)cc1)c1cccs1. The van der Waals surface area contributed by atoms with Crippen LogP contribution >= 0.6 is 23.6 Å². The molecule has 1 aromatic heterocycles.